The molecule has 20 heavy (non-hydrogen) atoms. The minimum Gasteiger partial charge on any atom is -0.469 e. The summed E-state index contributed by atoms with van der Waals surface area (Å²) < 4.78 is 4.55. The van der Waals surface area contributed by atoms with Crippen LogP contribution in [0.15, 0.2) is 29.2 Å². The van der Waals surface area contributed by atoms with Crippen LogP contribution in [0, 0.1) is 11.3 Å². The first-order valence-electron chi connectivity index (χ1n) is 6.01. The molecule has 0 N–H and O–H groups in total. The molecule has 0 bridgehead atoms. The zero-order valence-electron chi connectivity index (χ0n) is 11.5. The van der Waals surface area contributed by atoms with E-state index in [1.54, 1.807) is 19.2 Å². The fourth-order valence-electron chi connectivity index (χ4n) is 1.55. The summed E-state index contributed by atoms with van der Waals surface area (Å²) >= 11 is 1.32. The molecule has 0 atom stereocenters. The van der Waals surface area contributed by atoms with Crippen LogP contribution < -0.4 is 0 Å². The average molecular weight is 292 g/mol. The van der Waals surface area contributed by atoms with Crippen LogP contribution in [0.3, 0.4) is 0 Å². The zero-order chi connectivity index (χ0) is 15.0. The number of nitriles is 1. The molecule has 0 aliphatic heterocycles. The van der Waals surface area contributed by atoms with Crippen molar-refractivity contribution in [2.75, 3.05) is 26.5 Å². The van der Waals surface area contributed by atoms with Crippen LogP contribution in [0.5, 0.6) is 0 Å². The third-order valence-corrected chi connectivity index (χ3v) is 3.58. The molecule has 1 aromatic rings. The van der Waals surface area contributed by atoms with Gasteiger partial charge in [0.2, 0.25) is 0 Å². The molecule has 5 nitrogen and oxygen atoms in total. The van der Waals surface area contributed by atoms with Gasteiger partial charge < -0.3 is 9.64 Å². The number of hydrogen-bond acceptors (Lipinski definition) is 5. The Balaban J connectivity index is 2.75. The number of methoxy groups -OCH3 is 1. The lowest BCUT2D eigenvalue weighted by Crippen LogP contribution is -2.29. The molecule has 0 unspecified atom stereocenters. The van der Waals surface area contributed by atoms with E-state index < -0.39 is 0 Å². The average Bonchev–Trinajstić information content (AvgIpc) is 2.49. The lowest BCUT2D eigenvalue weighted by Gasteiger charge is -2.18. The van der Waals surface area contributed by atoms with E-state index in [9.17, 15) is 9.59 Å². The Bertz CT molecular complexity index is 525. The summed E-state index contributed by atoms with van der Waals surface area (Å²) in [6.45, 7) is 0.294. The summed E-state index contributed by atoms with van der Waals surface area (Å²) in [6, 6.07) is 9.16. The van der Waals surface area contributed by atoms with Gasteiger partial charge in [0.1, 0.15) is 0 Å². The number of nitrogens with zero attached hydrogens (tertiary/aromatic N) is 2. The molecule has 0 saturated carbocycles. The van der Waals surface area contributed by atoms with Crippen molar-refractivity contribution < 1.29 is 14.3 Å². The number of carbonyl (C=O) groups excluding carboxylic acids is 2. The van der Waals surface area contributed by atoms with Crippen molar-refractivity contribution in [3.8, 4) is 6.07 Å². The van der Waals surface area contributed by atoms with Gasteiger partial charge in [0.15, 0.2) is 0 Å². The number of hydrogen-bond donors (Lipinski definition) is 0. The molecule has 0 aliphatic carbocycles. The molecule has 0 heterocycles. The molecule has 1 aromatic carbocycles. The number of amides is 1. The van der Waals surface area contributed by atoms with Crippen molar-refractivity contribution in [3.05, 3.63) is 29.8 Å². The maximum absolute atomic E-state index is 12.3. The highest BCUT2D eigenvalue weighted by Gasteiger charge is 2.16. The fraction of sp³-hybridized carbons (Fsp3) is 0.357. The van der Waals surface area contributed by atoms with Crippen molar-refractivity contribution in [3.63, 3.8) is 0 Å². The summed E-state index contributed by atoms with van der Waals surface area (Å²) in [7, 11) is 2.95. The van der Waals surface area contributed by atoms with E-state index >= 15 is 0 Å². The predicted molar refractivity (Wildman–Crippen MR) is 76.4 cm³/mol. The summed E-state index contributed by atoms with van der Waals surface area (Å²) in [4.78, 5) is 25.6. The quantitative estimate of drug-likeness (QED) is 0.592. The highest BCUT2D eigenvalue weighted by molar-refractivity contribution is 7.99. The Labute approximate surface area is 122 Å². The van der Waals surface area contributed by atoms with E-state index in [0.29, 0.717) is 12.1 Å². The molecule has 0 spiro atoms. The Hall–Kier alpha value is -2.00. The van der Waals surface area contributed by atoms with Gasteiger partial charge in [-0.2, -0.15) is 5.26 Å². The number of thioether (sulfide) groups is 1. The lowest BCUT2D eigenvalue weighted by molar-refractivity contribution is -0.140. The first kappa shape index (κ1) is 16.1. The highest BCUT2D eigenvalue weighted by atomic mass is 32.2. The maximum atomic E-state index is 12.3. The Morgan fingerprint density at radius 2 is 2.10 bits per heavy atom. The number of benzene rings is 1. The van der Waals surface area contributed by atoms with Gasteiger partial charge in [-0.3, -0.25) is 9.59 Å². The second-order valence-corrected chi connectivity index (χ2v) is 5.01. The molecule has 106 valence electrons. The largest absolute Gasteiger partial charge is 0.469 e. The fourth-order valence-corrected chi connectivity index (χ4v) is 2.25. The van der Waals surface area contributed by atoms with Crippen molar-refractivity contribution in [1.29, 1.82) is 5.26 Å². The van der Waals surface area contributed by atoms with E-state index in [1.165, 1.54) is 23.8 Å². The van der Waals surface area contributed by atoms with Crippen LogP contribution in [-0.2, 0) is 9.53 Å². The van der Waals surface area contributed by atoms with E-state index in [0.717, 1.165) is 4.90 Å². The summed E-state index contributed by atoms with van der Waals surface area (Å²) in [5.74, 6) is -0.234. The van der Waals surface area contributed by atoms with Gasteiger partial charge in [0.05, 0.1) is 30.9 Å². The van der Waals surface area contributed by atoms with Crippen LogP contribution in [0.4, 0.5) is 0 Å². The van der Waals surface area contributed by atoms with Crippen molar-refractivity contribution in [2.45, 2.75) is 11.3 Å². The van der Waals surface area contributed by atoms with Gasteiger partial charge >= 0.3 is 5.97 Å². The van der Waals surface area contributed by atoms with E-state index in [2.05, 4.69) is 4.74 Å². The Morgan fingerprint density at radius 1 is 1.40 bits per heavy atom. The van der Waals surface area contributed by atoms with Crippen molar-refractivity contribution >= 4 is 23.6 Å². The first-order valence-corrected chi connectivity index (χ1v) is 6.99. The molecule has 6 heteroatoms. The lowest BCUT2D eigenvalue weighted by atomic mass is 10.2. The third kappa shape index (κ3) is 4.59. The molecular formula is C14H16N2O3S. The van der Waals surface area contributed by atoms with Gasteiger partial charge in [-0.25, -0.2) is 0 Å². The predicted octanol–water partition coefficient (Wildman–Crippen LogP) is 1.94. The molecule has 1 rings (SSSR count). The molecule has 0 aromatic heterocycles. The molecule has 0 radical (unpaired) electrons. The summed E-state index contributed by atoms with van der Waals surface area (Å²) in [5.41, 5.74) is 0.542. The summed E-state index contributed by atoms with van der Waals surface area (Å²) in [5, 5.41) is 8.62. The topological polar surface area (TPSA) is 70.4 Å². The monoisotopic (exact) mass is 292 g/mol. The maximum Gasteiger partial charge on any atom is 0.307 e. The normalized spacial score (nSPS) is 9.65. The smallest absolute Gasteiger partial charge is 0.307 e. The minimum absolute atomic E-state index is 0.159. The molecule has 1 amide bonds. The number of rotatable bonds is 6. The van der Waals surface area contributed by atoms with Gasteiger partial charge in [0, 0.05) is 18.5 Å². The van der Waals surface area contributed by atoms with Crippen LogP contribution in [0.1, 0.15) is 16.8 Å². The molecule has 0 saturated heterocycles. The van der Waals surface area contributed by atoms with E-state index in [1.807, 2.05) is 18.2 Å². The SMILES string of the molecule is COC(=O)CCN(C)C(=O)c1ccccc1SCC#N. The van der Waals surface area contributed by atoms with Crippen LogP contribution in [-0.4, -0.2) is 43.2 Å². The second-order valence-electron chi connectivity index (χ2n) is 4.00. The van der Waals surface area contributed by atoms with Crippen molar-refractivity contribution in [1.82, 2.24) is 4.90 Å². The van der Waals surface area contributed by atoms with Crippen molar-refractivity contribution in [2.24, 2.45) is 0 Å². The second kappa shape index (κ2) is 8.23. The van der Waals surface area contributed by atoms with Gasteiger partial charge in [0.25, 0.3) is 5.91 Å². The van der Waals surface area contributed by atoms with Gasteiger partial charge in [-0.1, -0.05) is 12.1 Å². The number of esters is 1. The van der Waals surface area contributed by atoms with Crippen LogP contribution in [0.25, 0.3) is 0 Å². The van der Waals surface area contributed by atoms with E-state index in [4.69, 9.17) is 5.26 Å². The van der Waals surface area contributed by atoms with Crippen LogP contribution >= 0.6 is 11.8 Å². The molecular weight excluding hydrogens is 276 g/mol. The molecule has 0 aliphatic rings. The molecule has 0 fully saturated rings. The first-order chi connectivity index (χ1) is 9.60. The number of ether oxygens (including phenoxy) is 1. The Kier molecular flexibility index (Phi) is 6.60. The third-order valence-electron chi connectivity index (χ3n) is 2.64. The highest BCUT2D eigenvalue weighted by Crippen LogP contribution is 2.23. The number of carbonyl (C=O) groups is 2. The summed E-state index contributed by atoms with van der Waals surface area (Å²) in [6.07, 6.45) is 0.159. The van der Waals surface area contributed by atoms with E-state index in [-0.39, 0.29) is 24.1 Å². The van der Waals surface area contributed by atoms with Gasteiger partial charge in [-0.05, 0) is 12.1 Å². The minimum atomic E-state index is -0.350. The van der Waals surface area contributed by atoms with Gasteiger partial charge in [-0.15, -0.1) is 11.8 Å². The zero-order valence-corrected chi connectivity index (χ0v) is 12.3. The Morgan fingerprint density at radius 3 is 2.75 bits per heavy atom. The standard InChI is InChI=1S/C14H16N2O3S/c1-16(9-7-13(17)19-2)14(18)11-5-3-4-6-12(11)20-10-8-15/h3-6H,7,9-10H2,1-2H3. The van der Waals surface area contributed by atoms with Crippen LogP contribution in [0.2, 0.25) is 0 Å².